The molecule has 2 N–H and O–H groups in total. The second-order valence-corrected chi connectivity index (χ2v) is 6.54. The van der Waals surface area contributed by atoms with Gasteiger partial charge in [0.1, 0.15) is 11.6 Å². The molecule has 0 unspecified atom stereocenters. The average molecular weight is 408 g/mol. The third kappa shape index (κ3) is 5.02. The van der Waals surface area contributed by atoms with Gasteiger partial charge in [-0.3, -0.25) is 5.32 Å². The van der Waals surface area contributed by atoms with E-state index >= 15 is 0 Å². The molecule has 0 spiro atoms. The van der Waals surface area contributed by atoms with E-state index in [1.165, 1.54) is 23.0 Å². The van der Waals surface area contributed by atoms with E-state index in [0.717, 1.165) is 31.0 Å². The van der Waals surface area contributed by atoms with Crippen molar-refractivity contribution in [3.05, 3.63) is 47.7 Å². The molecule has 1 aromatic carbocycles. The second kappa shape index (κ2) is 8.07. The monoisotopic (exact) mass is 408 g/mol. The Morgan fingerprint density at radius 1 is 1.21 bits per heavy atom. The number of benzene rings is 1. The summed E-state index contributed by atoms with van der Waals surface area (Å²) in [7, 11) is 0. The van der Waals surface area contributed by atoms with Gasteiger partial charge in [0.25, 0.3) is 0 Å². The fraction of sp³-hybridized carbons (Fsp3) is 0.412. The molecule has 29 heavy (non-hydrogen) atoms. The average Bonchev–Trinajstić information content (AvgIpc) is 3.28. The van der Waals surface area contributed by atoms with E-state index in [1.54, 1.807) is 12.4 Å². The Hall–Kier alpha value is -3.15. The summed E-state index contributed by atoms with van der Waals surface area (Å²) >= 11 is 0. The summed E-state index contributed by atoms with van der Waals surface area (Å²) in [5.74, 6) is 1.07. The van der Waals surface area contributed by atoms with Crippen molar-refractivity contribution in [2.24, 2.45) is 0 Å². The van der Waals surface area contributed by atoms with Gasteiger partial charge in [0.15, 0.2) is 5.82 Å². The van der Waals surface area contributed by atoms with Crippen LogP contribution >= 0.6 is 0 Å². The predicted octanol–water partition coefficient (Wildman–Crippen LogP) is 1.92. The summed E-state index contributed by atoms with van der Waals surface area (Å²) in [6.07, 6.45) is -1.86. The van der Waals surface area contributed by atoms with E-state index in [-0.39, 0.29) is 12.2 Å². The number of rotatable bonds is 7. The molecular weight excluding hydrogens is 389 g/mol. The summed E-state index contributed by atoms with van der Waals surface area (Å²) in [6, 6.07) is 5.75. The lowest BCUT2D eigenvalue weighted by Crippen LogP contribution is -2.28. The minimum absolute atomic E-state index is 0.265. The zero-order valence-corrected chi connectivity index (χ0v) is 15.4. The predicted molar refractivity (Wildman–Crippen MR) is 95.9 cm³/mol. The number of imidazole rings is 1. The van der Waals surface area contributed by atoms with Crippen LogP contribution in [-0.4, -0.2) is 42.8 Å². The van der Waals surface area contributed by atoms with Gasteiger partial charge in [0.2, 0.25) is 0 Å². The van der Waals surface area contributed by atoms with E-state index in [1.807, 2.05) is 0 Å². The Bertz CT molecular complexity index is 968. The van der Waals surface area contributed by atoms with Crippen molar-refractivity contribution in [3.8, 4) is 5.75 Å². The molecule has 154 valence electrons. The van der Waals surface area contributed by atoms with Gasteiger partial charge in [-0.15, -0.1) is 23.4 Å². The van der Waals surface area contributed by atoms with Gasteiger partial charge < -0.3 is 14.6 Å². The number of ether oxygens (including phenoxy) is 1. The largest absolute Gasteiger partial charge is 0.573 e. The van der Waals surface area contributed by atoms with Gasteiger partial charge >= 0.3 is 6.36 Å². The number of nitrogens with zero attached hydrogens (tertiary/aromatic N) is 6. The smallest absolute Gasteiger partial charge is 0.406 e. The molecule has 12 heteroatoms. The van der Waals surface area contributed by atoms with Crippen molar-refractivity contribution in [1.29, 1.82) is 0 Å². The lowest BCUT2D eigenvalue weighted by atomic mass is 10.1. The Morgan fingerprint density at radius 3 is 2.97 bits per heavy atom. The molecular formula is C17H19F3N8O. The third-order valence-electron chi connectivity index (χ3n) is 4.37. The summed E-state index contributed by atoms with van der Waals surface area (Å²) in [6.45, 7) is 2.81. The van der Waals surface area contributed by atoms with Gasteiger partial charge in [-0.05, 0) is 29.3 Å². The molecule has 1 aliphatic rings. The van der Waals surface area contributed by atoms with E-state index in [9.17, 15) is 13.2 Å². The van der Waals surface area contributed by atoms with Crippen LogP contribution in [-0.2, 0) is 26.1 Å². The lowest BCUT2D eigenvalue weighted by molar-refractivity contribution is -0.274. The first-order chi connectivity index (χ1) is 14.0. The lowest BCUT2D eigenvalue weighted by Gasteiger charge is -2.16. The van der Waals surface area contributed by atoms with Crippen molar-refractivity contribution >= 4 is 5.82 Å². The standard InChI is InChI=1S/C17H19F3N8O/c18-17(19,20)29-13-4-1-3-12(7-13)8-15-24-26-28(25-15)6-2-5-27-11-23-16-14(27)9-21-10-22-16/h1,3-4,7,11,21-22H,2,5-6,8-10H2. The van der Waals surface area contributed by atoms with Crippen LogP contribution < -0.4 is 15.4 Å². The van der Waals surface area contributed by atoms with Crippen molar-refractivity contribution in [3.63, 3.8) is 0 Å². The van der Waals surface area contributed by atoms with E-state index < -0.39 is 6.36 Å². The van der Waals surface area contributed by atoms with Gasteiger partial charge in [0.05, 0.1) is 25.2 Å². The van der Waals surface area contributed by atoms with Crippen LogP contribution in [0.15, 0.2) is 30.6 Å². The van der Waals surface area contributed by atoms with Gasteiger partial charge in [0, 0.05) is 19.5 Å². The van der Waals surface area contributed by atoms with Crippen LogP contribution in [0.1, 0.15) is 23.5 Å². The molecule has 2 aromatic heterocycles. The topological polar surface area (TPSA) is 94.7 Å². The number of aromatic nitrogens is 6. The first kappa shape index (κ1) is 19.2. The van der Waals surface area contributed by atoms with Crippen LogP contribution in [0.3, 0.4) is 0 Å². The highest BCUT2D eigenvalue weighted by atomic mass is 19.4. The number of nitrogens with one attached hydrogen (secondary N) is 2. The molecule has 0 amide bonds. The Balaban J connectivity index is 1.31. The number of halogens is 3. The zero-order valence-electron chi connectivity index (χ0n) is 15.4. The van der Waals surface area contributed by atoms with Crippen molar-refractivity contribution in [2.75, 3.05) is 12.0 Å². The molecule has 0 aliphatic carbocycles. The third-order valence-corrected chi connectivity index (χ3v) is 4.37. The number of fused-ring (bicyclic) bond motifs is 1. The molecule has 0 saturated carbocycles. The zero-order chi connectivity index (χ0) is 20.3. The molecule has 3 heterocycles. The van der Waals surface area contributed by atoms with Crippen LogP contribution in [0.4, 0.5) is 19.0 Å². The minimum Gasteiger partial charge on any atom is -0.406 e. The molecule has 4 rings (SSSR count). The number of hydrogen-bond donors (Lipinski definition) is 2. The first-order valence-corrected chi connectivity index (χ1v) is 9.06. The van der Waals surface area contributed by atoms with Crippen molar-refractivity contribution in [2.45, 2.75) is 38.8 Å². The maximum atomic E-state index is 12.3. The SMILES string of the molecule is FC(F)(F)Oc1cccc(Cc2nnn(CCCn3cnc4c3CNCN4)n2)c1. The van der Waals surface area contributed by atoms with E-state index in [4.69, 9.17) is 0 Å². The summed E-state index contributed by atoms with van der Waals surface area (Å²) < 4.78 is 43.0. The molecule has 0 fully saturated rings. The van der Waals surface area contributed by atoms with Gasteiger partial charge in [-0.1, -0.05) is 12.1 Å². The summed E-state index contributed by atoms with van der Waals surface area (Å²) in [5, 5.41) is 18.7. The molecule has 0 radical (unpaired) electrons. The molecule has 0 atom stereocenters. The van der Waals surface area contributed by atoms with Crippen LogP contribution in [0.5, 0.6) is 5.75 Å². The van der Waals surface area contributed by atoms with Gasteiger partial charge in [-0.2, -0.15) is 4.80 Å². The first-order valence-electron chi connectivity index (χ1n) is 9.06. The molecule has 0 saturated heterocycles. The molecule has 9 nitrogen and oxygen atoms in total. The normalized spacial score (nSPS) is 13.8. The minimum atomic E-state index is -4.72. The van der Waals surface area contributed by atoms with E-state index in [2.05, 4.69) is 40.3 Å². The van der Waals surface area contributed by atoms with E-state index in [0.29, 0.717) is 24.6 Å². The van der Waals surface area contributed by atoms with Crippen LogP contribution in [0, 0.1) is 0 Å². The Labute approximate surface area is 163 Å². The molecule has 3 aromatic rings. The maximum Gasteiger partial charge on any atom is 0.573 e. The Morgan fingerprint density at radius 2 is 2.10 bits per heavy atom. The summed E-state index contributed by atoms with van der Waals surface area (Å²) in [5.41, 5.74) is 1.72. The highest BCUT2D eigenvalue weighted by Gasteiger charge is 2.31. The van der Waals surface area contributed by atoms with Crippen LogP contribution in [0.25, 0.3) is 0 Å². The maximum absolute atomic E-state index is 12.3. The number of tetrazole rings is 1. The van der Waals surface area contributed by atoms with Crippen molar-refractivity contribution in [1.82, 2.24) is 35.1 Å². The van der Waals surface area contributed by atoms with Crippen LogP contribution in [0.2, 0.25) is 0 Å². The second-order valence-electron chi connectivity index (χ2n) is 6.54. The van der Waals surface area contributed by atoms with Gasteiger partial charge in [-0.25, -0.2) is 4.98 Å². The highest BCUT2D eigenvalue weighted by Crippen LogP contribution is 2.24. The fourth-order valence-corrected chi connectivity index (χ4v) is 3.12. The van der Waals surface area contributed by atoms with Crippen molar-refractivity contribution < 1.29 is 17.9 Å². The number of aryl methyl sites for hydroxylation is 2. The number of hydrogen-bond acceptors (Lipinski definition) is 7. The highest BCUT2D eigenvalue weighted by molar-refractivity contribution is 5.42. The Kier molecular flexibility index (Phi) is 5.34. The fourth-order valence-electron chi connectivity index (χ4n) is 3.12. The quantitative estimate of drug-likeness (QED) is 0.617. The molecule has 1 aliphatic heterocycles. The number of alkyl halides is 3. The number of anilines is 1. The summed E-state index contributed by atoms with van der Waals surface area (Å²) in [4.78, 5) is 5.83. The molecule has 0 bridgehead atoms.